The highest BCUT2D eigenvalue weighted by molar-refractivity contribution is 5.88. The summed E-state index contributed by atoms with van der Waals surface area (Å²) in [4.78, 5) is 26.7. The quantitative estimate of drug-likeness (QED) is 0.501. The van der Waals surface area contributed by atoms with Gasteiger partial charge in [0, 0.05) is 0 Å². The maximum Gasteiger partial charge on any atom is 0.430 e. The summed E-state index contributed by atoms with van der Waals surface area (Å²) in [5.41, 5.74) is 2.52. The second-order valence-electron chi connectivity index (χ2n) is 10.5. The van der Waals surface area contributed by atoms with Gasteiger partial charge in [-0.1, -0.05) is 72.8 Å². The van der Waals surface area contributed by atoms with Crippen LogP contribution >= 0.6 is 0 Å². The molecular weight excluding hydrogens is 428 g/mol. The minimum absolute atomic E-state index is 0.470. The zero-order valence-corrected chi connectivity index (χ0v) is 20.6. The first kappa shape index (κ1) is 23.6. The predicted molar refractivity (Wildman–Crippen MR) is 132 cm³/mol. The van der Waals surface area contributed by atoms with E-state index in [0.29, 0.717) is 0 Å². The van der Waals surface area contributed by atoms with E-state index in [-0.39, 0.29) is 0 Å². The Morgan fingerprint density at radius 1 is 0.647 bits per heavy atom. The fourth-order valence-electron chi connectivity index (χ4n) is 4.31. The number of hydrogen-bond acceptors (Lipinski definition) is 4. The highest BCUT2D eigenvalue weighted by Crippen LogP contribution is 2.44. The van der Waals surface area contributed by atoms with Crippen LogP contribution in [0.15, 0.2) is 78.4 Å². The van der Waals surface area contributed by atoms with Crippen LogP contribution in [0.5, 0.6) is 0 Å². The average Bonchev–Trinajstić information content (AvgIpc) is 3.29. The molecule has 1 fully saturated rings. The Balaban J connectivity index is 1.89. The summed E-state index contributed by atoms with van der Waals surface area (Å²) in [5.74, 6) is 0. The lowest BCUT2D eigenvalue weighted by molar-refractivity contribution is -0.0579. The van der Waals surface area contributed by atoms with E-state index >= 15 is 0 Å². The molecule has 2 unspecified atom stereocenters. The van der Waals surface area contributed by atoms with Gasteiger partial charge in [0.15, 0.2) is 0 Å². The van der Waals surface area contributed by atoms with Gasteiger partial charge in [-0.15, -0.1) is 0 Å². The molecule has 1 aliphatic carbocycles. The number of amides is 2. The van der Waals surface area contributed by atoms with E-state index in [1.807, 2.05) is 114 Å². The molecule has 2 aliphatic rings. The standard InChI is InChI=1S/C28H32N2O4/c1-27(2,3)33-25(31)29-21-17-18-22(30(29)26(32)34-28(4,5)6)24(21)23(19-13-9-7-10-14-19)20-15-11-8-12-16-20/h7-18,21-22H,1-6H3. The summed E-state index contributed by atoms with van der Waals surface area (Å²) in [6.45, 7) is 10.9. The van der Waals surface area contributed by atoms with Gasteiger partial charge >= 0.3 is 12.2 Å². The molecule has 2 atom stereocenters. The lowest BCUT2D eigenvalue weighted by Gasteiger charge is -2.36. The fraction of sp³-hybridized carbons (Fsp3) is 0.357. The van der Waals surface area contributed by atoms with Gasteiger partial charge < -0.3 is 9.47 Å². The number of carbonyl (C=O) groups excluding carboxylic acids is 2. The molecule has 1 aliphatic heterocycles. The first-order chi connectivity index (χ1) is 16.0. The molecule has 0 saturated carbocycles. The van der Waals surface area contributed by atoms with E-state index < -0.39 is 35.5 Å². The van der Waals surface area contributed by atoms with Crippen LogP contribution in [-0.2, 0) is 9.47 Å². The lowest BCUT2D eigenvalue weighted by Crippen LogP contribution is -2.54. The van der Waals surface area contributed by atoms with Crippen LogP contribution < -0.4 is 0 Å². The molecule has 2 aromatic rings. The maximum atomic E-state index is 13.4. The number of ether oxygens (including phenoxy) is 2. The van der Waals surface area contributed by atoms with Crippen LogP contribution in [0, 0.1) is 0 Å². The Morgan fingerprint density at radius 2 is 1.00 bits per heavy atom. The summed E-state index contributed by atoms with van der Waals surface area (Å²) in [6.07, 6.45) is 2.73. The average molecular weight is 461 g/mol. The van der Waals surface area contributed by atoms with Gasteiger partial charge in [-0.3, -0.25) is 0 Å². The Labute approximate surface area is 201 Å². The minimum Gasteiger partial charge on any atom is -0.442 e. The molecule has 2 amide bonds. The monoisotopic (exact) mass is 460 g/mol. The Kier molecular flexibility index (Phi) is 6.02. The maximum absolute atomic E-state index is 13.4. The number of carbonyl (C=O) groups is 2. The van der Waals surface area contributed by atoms with E-state index in [0.717, 1.165) is 22.3 Å². The number of hydrogen-bond donors (Lipinski definition) is 0. The highest BCUT2D eigenvalue weighted by atomic mass is 16.6. The number of nitrogens with zero attached hydrogens (tertiary/aromatic N) is 2. The molecule has 1 saturated heterocycles. The molecule has 1 heterocycles. The van der Waals surface area contributed by atoms with Gasteiger partial charge in [-0.05, 0) is 63.8 Å². The van der Waals surface area contributed by atoms with Crippen LogP contribution in [0.2, 0.25) is 0 Å². The van der Waals surface area contributed by atoms with Crippen molar-refractivity contribution < 1.29 is 19.1 Å². The summed E-state index contributed by atoms with van der Waals surface area (Å²) in [5, 5.41) is 2.79. The summed E-state index contributed by atoms with van der Waals surface area (Å²) in [7, 11) is 0. The van der Waals surface area contributed by atoms with Crippen molar-refractivity contribution >= 4 is 17.8 Å². The van der Waals surface area contributed by atoms with Gasteiger partial charge in [0.2, 0.25) is 0 Å². The SMILES string of the molecule is CC(C)(C)OC(=O)N1C2C=CC(C2=C(c2ccccc2)c2ccccc2)N1C(=O)OC(C)(C)C. The molecule has 0 N–H and O–H groups in total. The molecule has 2 bridgehead atoms. The minimum atomic E-state index is -0.714. The molecule has 6 heteroatoms. The van der Waals surface area contributed by atoms with Crippen LogP contribution in [-0.4, -0.2) is 45.5 Å². The first-order valence-corrected chi connectivity index (χ1v) is 11.5. The number of benzene rings is 2. The van der Waals surface area contributed by atoms with Crippen molar-refractivity contribution in [3.63, 3.8) is 0 Å². The fourth-order valence-corrected chi connectivity index (χ4v) is 4.31. The molecule has 178 valence electrons. The third-order valence-electron chi connectivity index (χ3n) is 5.45. The number of hydrazine groups is 1. The molecule has 6 nitrogen and oxygen atoms in total. The van der Waals surface area contributed by atoms with Crippen molar-refractivity contribution in [3.8, 4) is 0 Å². The van der Waals surface area contributed by atoms with Crippen LogP contribution in [0.4, 0.5) is 9.59 Å². The Bertz CT molecular complexity index is 1040. The third-order valence-corrected chi connectivity index (χ3v) is 5.45. The third kappa shape index (κ3) is 4.72. The second kappa shape index (κ2) is 8.67. The first-order valence-electron chi connectivity index (χ1n) is 11.5. The van der Waals surface area contributed by atoms with Crippen LogP contribution in [0.1, 0.15) is 52.7 Å². The number of rotatable bonds is 2. The largest absolute Gasteiger partial charge is 0.442 e. The Morgan fingerprint density at radius 3 is 1.32 bits per heavy atom. The molecular formula is C28H32N2O4. The van der Waals surface area contributed by atoms with Crippen molar-refractivity contribution in [3.05, 3.63) is 89.5 Å². The topological polar surface area (TPSA) is 59.1 Å². The van der Waals surface area contributed by atoms with E-state index in [9.17, 15) is 9.59 Å². The summed E-state index contributed by atoms with van der Waals surface area (Å²) < 4.78 is 11.4. The molecule has 4 rings (SSSR count). The lowest BCUT2D eigenvalue weighted by atomic mass is 9.89. The van der Waals surface area contributed by atoms with E-state index in [2.05, 4.69) is 0 Å². The Hall–Kier alpha value is -3.54. The van der Waals surface area contributed by atoms with Crippen molar-refractivity contribution in [2.75, 3.05) is 0 Å². The van der Waals surface area contributed by atoms with Gasteiger partial charge in [0.05, 0.1) is 12.1 Å². The van der Waals surface area contributed by atoms with E-state index in [1.165, 1.54) is 10.0 Å². The van der Waals surface area contributed by atoms with Gasteiger partial charge in [-0.2, -0.15) is 0 Å². The van der Waals surface area contributed by atoms with Gasteiger partial charge in [0.1, 0.15) is 11.2 Å². The van der Waals surface area contributed by atoms with Gasteiger partial charge in [-0.25, -0.2) is 19.6 Å². The van der Waals surface area contributed by atoms with Crippen molar-refractivity contribution in [2.45, 2.75) is 64.8 Å². The number of fused-ring (bicyclic) bond motifs is 2. The van der Waals surface area contributed by atoms with Gasteiger partial charge in [0.25, 0.3) is 0 Å². The smallest absolute Gasteiger partial charge is 0.430 e. The molecule has 0 aromatic heterocycles. The normalized spacial score (nSPS) is 19.4. The second-order valence-corrected chi connectivity index (χ2v) is 10.5. The van der Waals surface area contributed by atoms with Crippen LogP contribution in [0.3, 0.4) is 0 Å². The highest BCUT2D eigenvalue weighted by Gasteiger charge is 2.53. The van der Waals surface area contributed by atoms with Crippen molar-refractivity contribution in [1.29, 1.82) is 0 Å². The van der Waals surface area contributed by atoms with Crippen molar-refractivity contribution in [1.82, 2.24) is 10.0 Å². The van der Waals surface area contributed by atoms with E-state index in [4.69, 9.17) is 9.47 Å². The zero-order chi connectivity index (χ0) is 24.7. The molecule has 0 radical (unpaired) electrons. The zero-order valence-electron chi connectivity index (χ0n) is 20.6. The molecule has 2 aromatic carbocycles. The van der Waals surface area contributed by atoms with E-state index in [1.54, 1.807) is 0 Å². The molecule has 0 spiro atoms. The summed E-state index contributed by atoms with van der Waals surface area (Å²) >= 11 is 0. The predicted octanol–water partition coefficient (Wildman–Crippen LogP) is 6.20. The van der Waals surface area contributed by atoms with Crippen molar-refractivity contribution in [2.24, 2.45) is 0 Å². The summed E-state index contributed by atoms with van der Waals surface area (Å²) in [6, 6.07) is 19.1. The van der Waals surface area contributed by atoms with Crippen LogP contribution in [0.25, 0.3) is 5.57 Å². The molecule has 34 heavy (non-hydrogen) atoms.